The van der Waals surface area contributed by atoms with Gasteiger partial charge in [-0.15, -0.1) is 11.3 Å². The Labute approximate surface area is 159 Å². The molecule has 1 fully saturated rings. The molecule has 0 spiro atoms. The third-order valence-electron chi connectivity index (χ3n) is 4.93. The maximum Gasteiger partial charge on any atom is 0.271 e. The largest absolute Gasteiger partial charge is 0.369 e. The van der Waals surface area contributed by atoms with Gasteiger partial charge >= 0.3 is 0 Å². The minimum Gasteiger partial charge on any atom is -0.369 e. The van der Waals surface area contributed by atoms with E-state index < -0.39 is 0 Å². The summed E-state index contributed by atoms with van der Waals surface area (Å²) < 4.78 is 1.49. The molecular weight excluding hydrogens is 364 g/mol. The smallest absolute Gasteiger partial charge is 0.271 e. The Kier molecular flexibility index (Phi) is 4.49. The lowest BCUT2D eigenvalue weighted by molar-refractivity contribution is -0.123. The summed E-state index contributed by atoms with van der Waals surface area (Å²) in [5.74, 6) is -0.900. The number of likely N-dealkylation sites (tertiary alicyclic amines) is 1. The van der Waals surface area contributed by atoms with Gasteiger partial charge in [0, 0.05) is 30.6 Å². The van der Waals surface area contributed by atoms with Crippen molar-refractivity contribution in [3.63, 3.8) is 0 Å². The van der Waals surface area contributed by atoms with Crippen LogP contribution < -0.4 is 11.3 Å². The fourth-order valence-electron chi connectivity index (χ4n) is 3.39. The lowest BCUT2D eigenvalue weighted by Gasteiger charge is -2.30. The van der Waals surface area contributed by atoms with Crippen LogP contribution in [0.25, 0.3) is 16.2 Å². The zero-order valence-corrected chi connectivity index (χ0v) is 15.3. The number of nitrogens with two attached hydrogens (primary N) is 1. The summed E-state index contributed by atoms with van der Waals surface area (Å²) in [4.78, 5) is 43.7. The minimum absolute atomic E-state index is 0.0422. The Morgan fingerprint density at radius 1 is 1.15 bits per heavy atom. The molecule has 1 aliphatic rings. The first-order chi connectivity index (χ1) is 13.1. The molecule has 3 heterocycles. The van der Waals surface area contributed by atoms with Crippen molar-refractivity contribution in [2.45, 2.75) is 12.8 Å². The third kappa shape index (κ3) is 3.12. The number of thiazole rings is 1. The fraction of sp³-hybridized carbons (Fsp3) is 0.263. The van der Waals surface area contributed by atoms with E-state index in [9.17, 15) is 14.4 Å². The summed E-state index contributed by atoms with van der Waals surface area (Å²) in [7, 11) is 0. The van der Waals surface area contributed by atoms with E-state index in [4.69, 9.17) is 5.73 Å². The van der Waals surface area contributed by atoms with Gasteiger partial charge in [0.05, 0.1) is 5.69 Å². The summed E-state index contributed by atoms with van der Waals surface area (Å²) >= 11 is 1.36. The van der Waals surface area contributed by atoms with Crippen molar-refractivity contribution in [1.29, 1.82) is 0 Å². The van der Waals surface area contributed by atoms with Gasteiger partial charge in [0.1, 0.15) is 5.56 Å². The number of hydrogen-bond donors (Lipinski definition) is 1. The first-order valence-corrected chi connectivity index (χ1v) is 9.57. The number of amides is 2. The summed E-state index contributed by atoms with van der Waals surface area (Å²) in [5, 5.41) is 1.87. The van der Waals surface area contributed by atoms with E-state index in [1.165, 1.54) is 21.9 Å². The van der Waals surface area contributed by atoms with Crippen LogP contribution in [0, 0.1) is 5.92 Å². The van der Waals surface area contributed by atoms with Gasteiger partial charge in [-0.3, -0.25) is 18.8 Å². The quantitative estimate of drug-likeness (QED) is 0.746. The number of piperidine rings is 1. The molecule has 7 nitrogen and oxygen atoms in total. The van der Waals surface area contributed by atoms with E-state index in [0.717, 1.165) is 11.3 Å². The second kappa shape index (κ2) is 6.96. The van der Waals surface area contributed by atoms with E-state index in [0.29, 0.717) is 30.9 Å². The molecule has 8 heteroatoms. The molecule has 3 aromatic rings. The van der Waals surface area contributed by atoms with Crippen LogP contribution in [-0.2, 0) is 4.79 Å². The van der Waals surface area contributed by atoms with Crippen LogP contribution in [0.2, 0.25) is 0 Å². The minimum atomic E-state index is -0.373. The van der Waals surface area contributed by atoms with Crippen LogP contribution >= 0.6 is 11.3 Å². The van der Waals surface area contributed by atoms with Crippen molar-refractivity contribution in [2.75, 3.05) is 13.1 Å². The predicted octanol–water partition coefficient (Wildman–Crippen LogP) is 1.76. The number of fused-ring (bicyclic) bond motifs is 1. The zero-order valence-electron chi connectivity index (χ0n) is 14.5. The first kappa shape index (κ1) is 17.4. The number of benzene rings is 1. The molecular formula is C19H18N4O3S. The topological polar surface area (TPSA) is 97.8 Å². The van der Waals surface area contributed by atoms with Crippen LogP contribution in [0.3, 0.4) is 0 Å². The van der Waals surface area contributed by atoms with E-state index in [1.807, 2.05) is 35.7 Å². The standard InChI is InChI=1S/C19H18N4O3S/c20-16(24)13-6-8-22(9-7-13)17(25)14-10-21-19-23(18(14)26)15(11-27-19)12-4-2-1-3-5-12/h1-5,10-11,13H,6-9H2,(H2,20,24). The molecule has 2 aromatic heterocycles. The molecule has 1 aromatic carbocycles. The number of rotatable bonds is 3. The number of nitrogens with zero attached hydrogens (tertiary/aromatic N) is 3. The lowest BCUT2D eigenvalue weighted by atomic mass is 9.96. The van der Waals surface area contributed by atoms with E-state index in [1.54, 1.807) is 4.90 Å². The van der Waals surface area contributed by atoms with Gasteiger partial charge in [0.2, 0.25) is 5.91 Å². The summed E-state index contributed by atoms with van der Waals surface area (Å²) in [5.41, 5.74) is 6.62. The van der Waals surface area contributed by atoms with Crippen LogP contribution in [0.5, 0.6) is 0 Å². The third-order valence-corrected chi connectivity index (χ3v) is 5.77. The highest BCUT2D eigenvalue weighted by Crippen LogP contribution is 2.24. The van der Waals surface area contributed by atoms with Gasteiger partial charge in [-0.05, 0) is 18.4 Å². The molecule has 0 unspecified atom stereocenters. The number of primary amides is 1. The molecule has 27 heavy (non-hydrogen) atoms. The lowest BCUT2D eigenvalue weighted by Crippen LogP contribution is -2.43. The fourth-order valence-corrected chi connectivity index (χ4v) is 4.25. The Bertz CT molecular complexity index is 1070. The Balaban J connectivity index is 1.69. The van der Waals surface area contributed by atoms with E-state index in [-0.39, 0.29) is 28.9 Å². The molecule has 1 saturated heterocycles. The van der Waals surface area contributed by atoms with Crippen molar-refractivity contribution in [3.05, 3.63) is 57.8 Å². The second-order valence-corrected chi connectivity index (χ2v) is 7.39. The van der Waals surface area contributed by atoms with Crippen molar-refractivity contribution in [1.82, 2.24) is 14.3 Å². The van der Waals surface area contributed by atoms with Crippen LogP contribution in [0.1, 0.15) is 23.2 Å². The van der Waals surface area contributed by atoms with Gasteiger partial charge in [0.15, 0.2) is 4.96 Å². The SMILES string of the molecule is NC(=O)C1CCN(C(=O)c2cnc3scc(-c4ccccc4)n3c2=O)CC1. The monoisotopic (exact) mass is 382 g/mol. The van der Waals surface area contributed by atoms with Crippen LogP contribution in [0.4, 0.5) is 0 Å². The Morgan fingerprint density at radius 2 is 1.85 bits per heavy atom. The highest BCUT2D eigenvalue weighted by Gasteiger charge is 2.28. The van der Waals surface area contributed by atoms with Crippen molar-refractivity contribution >= 4 is 28.1 Å². The van der Waals surface area contributed by atoms with Gasteiger partial charge in [0.25, 0.3) is 11.5 Å². The average Bonchev–Trinajstić information content (AvgIpc) is 3.13. The summed E-state index contributed by atoms with van der Waals surface area (Å²) in [6.07, 6.45) is 2.39. The normalized spacial score (nSPS) is 15.2. The Hall–Kier alpha value is -3.00. The molecule has 0 aliphatic carbocycles. The number of hydrogen-bond acceptors (Lipinski definition) is 5. The molecule has 138 valence electrons. The van der Waals surface area contributed by atoms with Gasteiger partial charge in [-0.25, -0.2) is 4.98 Å². The van der Waals surface area contributed by atoms with Gasteiger partial charge < -0.3 is 10.6 Å². The zero-order chi connectivity index (χ0) is 19.0. The molecule has 0 bridgehead atoms. The average molecular weight is 382 g/mol. The highest BCUT2D eigenvalue weighted by atomic mass is 32.1. The van der Waals surface area contributed by atoms with Crippen molar-refractivity contribution in [3.8, 4) is 11.3 Å². The maximum atomic E-state index is 13.0. The van der Waals surface area contributed by atoms with Gasteiger partial charge in [-0.2, -0.15) is 0 Å². The summed E-state index contributed by atoms with van der Waals surface area (Å²) in [6, 6.07) is 9.53. The van der Waals surface area contributed by atoms with Gasteiger partial charge in [-0.1, -0.05) is 30.3 Å². The molecule has 0 radical (unpaired) electrons. The summed E-state index contributed by atoms with van der Waals surface area (Å²) in [6.45, 7) is 0.813. The van der Waals surface area contributed by atoms with E-state index in [2.05, 4.69) is 4.98 Å². The molecule has 1 aliphatic heterocycles. The maximum absolute atomic E-state index is 13.0. The molecule has 2 N–H and O–H groups in total. The number of carbonyl (C=O) groups excluding carboxylic acids is 2. The number of aromatic nitrogens is 2. The predicted molar refractivity (Wildman–Crippen MR) is 103 cm³/mol. The van der Waals surface area contributed by atoms with Crippen molar-refractivity contribution < 1.29 is 9.59 Å². The van der Waals surface area contributed by atoms with Crippen LogP contribution in [-0.4, -0.2) is 39.2 Å². The second-order valence-electron chi connectivity index (χ2n) is 6.55. The number of carbonyl (C=O) groups is 2. The van der Waals surface area contributed by atoms with Crippen LogP contribution in [0.15, 0.2) is 46.7 Å². The first-order valence-electron chi connectivity index (χ1n) is 8.69. The molecule has 4 rings (SSSR count). The molecule has 0 atom stereocenters. The molecule has 0 saturated carbocycles. The van der Waals surface area contributed by atoms with E-state index >= 15 is 0 Å². The van der Waals surface area contributed by atoms with Crippen molar-refractivity contribution in [2.24, 2.45) is 11.7 Å². The highest BCUT2D eigenvalue weighted by molar-refractivity contribution is 7.15. The molecule has 2 amide bonds. The Morgan fingerprint density at radius 3 is 2.52 bits per heavy atom.